The van der Waals surface area contributed by atoms with E-state index in [9.17, 15) is 0 Å². The number of nitrogens with zero attached hydrogens (tertiary/aromatic N) is 1. The molecule has 2 aromatic carbocycles. The van der Waals surface area contributed by atoms with E-state index in [1.54, 1.807) is 0 Å². The maximum Gasteiger partial charge on any atom is 0.0994 e. The molecule has 0 radical (unpaired) electrons. The Kier molecular flexibility index (Phi) is 4.19. The third-order valence-electron chi connectivity index (χ3n) is 2.50. The van der Waals surface area contributed by atoms with Crippen LogP contribution in [0.3, 0.4) is 0 Å². The van der Waals surface area contributed by atoms with Gasteiger partial charge in [-0.2, -0.15) is 5.26 Å². The molecule has 0 aromatic heterocycles. The number of halogens is 2. The van der Waals surface area contributed by atoms with Crippen molar-refractivity contribution in [1.82, 2.24) is 0 Å². The highest BCUT2D eigenvalue weighted by Gasteiger charge is 2.04. The number of hydrogen-bond donors (Lipinski definition) is 0. The van der Waals surface area contributed by atoms with Crippen molar-refractivity contribution in [3.63, 3.8) is 0 Å². The predicted octanol–water partition coefficient (Wildman–Crippen LogP) is 4.52. The van der Waals surface area contributed by atoms with Gasteiger partial charge in [-0.25, -0.2) is 0 Å². The fourth-order valence-corrected chi connectivity index (χ4v) is 2.46. The normalized spacial score (nSPS) is 9.94. The highest BCUT2D eigenvalue weighted by Crippen LogP contribution is 2.18. The summed E-state index contributed by atoms with van der Waals surface area (Å²) in [5.74, 6) is 0. The van der Waals surface area contributed by atoms with Crippen LogP contribution in [0.25, 0.3) is 0 Å². The minimum absolute atomic E-state index is 0.758. The summed E-state index contributed by atoms with van der Waals surface area (Å²) in [5, 5.41) is 9.07. The second kappa shape index (κ2) is 5.65. The Balaban J connectivity index is 2.32. The monoisotopic (exact) mass is 397 g/mol. The summed E-state index contributed by atoms with van der Waals surface area (Å²) in [7, 11) is 0. The molecule has 0 saturated carbocycles. The molecule has 0 heterocycles. The Morgan fingerprint density at radius 3 is 2.47 bits per heavy atom. The van der Waals surface area contributed by atoms with Crippen molar-refractivity contribution >= 4 is 38.5 Å². The van der Waals surface area contributed by atoms with E-state index in [1.165, 1.54) is 5.56 Å². The molecule has 84 valence electrons. The molecular weight excluding hydrogens is 389 g/mol. The Labute approximate surface area is 123 Å². The Hall–Kier alpha value is -0.860. The van der Waals surface area contributed by atoms with Crippen LogP contribution in [0, 0.1) is 14.9 Å². The number of nitriles is 1. The van der Waals surface area contributed by atoms with Gasteiger partial charge in [-0.3, -0.25) is 0 Å². The molecule has 0 aliphatic heterocycles. The molecule has 0 atom stereocenters. The van der Waals surface area contributed by atoms with E-state index < -0.39 is 0 Å². The number of rotatable bonds is 2. The van der Waals surface area contributed by atoms with Crippen molar-refractivity contribution in [2.24, 2.45) is 0 Å². The van der Waals surface area contributed by atoms with Crippen molar-refractivity contribution in [3.8, 4) is 6.07 Å². The fraction of sp³-hybridized carbons (Fsp3) is 0.0714. The molecular formula is C14H9BrIN. The van der Waals surface area contributed by atoms with E-state index in [1.807, 2.05) is 24.3 Å². The first-order chi connectivity index (χ1) is 8.19. The van der Waals surface area contributed by atoms with Crippen LogP contribution in [-0.2, 0) is 6.42 Å². The van der Waals surface area contributed by atoms with Gasteiger partial charge in [-0.05, 0) is 70.5 Å². The van der Waals surface area contributed by atoms with Gasteiger partial charge in [0.05, 0.1) is 11.6 Å². The SMILES string of the molecule is N#Cc1ccc(I)cc1Cc1ccc(Br)cc1. The molecule has 3 heteroatoms. The van der Waals surface area contributed by atoms with Gasteiger partial charge in [0.15, 0.2) is 0 Å². The molecule has 0 amide bonds. The van der Waals surface area contributed by atoms with Crippen LogP contribution in [0.5, 0.6) is 0 Å². The van der Waals surface area contributed by atoms with Crippen LogP contribution in [0.2, 0.25) is 0 Å². The molecule has 0 N–H and O–H groups in total. The van der Waals surface area contributed by atoms with Gasteiger partial charge in [-0.15, -0.1) is 0 Å². The summed E-state index contributed by atoms with van der Waals surface area (Å²) in [6.45, 7) is 0. The van der Waals surface area contributed by atoms with Crippen LogP contribution >= 0.6 is 38.5 Å². The summed E-state index contributed by atoms with van der Waals surface area (Å²) in [5.41, 5.74) is 3.06. The Bertz CT molecular complexity index is 570. The minimum Gasteiger partial charge on any atom is -0.192 e. The second-order valence-electron chi connectivity index (χ2n) is 3.72. The van der Waals surface area contributed by atoms with E-state index in [4.69, 9.17) is 5.26 Å². The van der Waals surface area contributed by atoms with E-state index in [2.05, 4.69) is 62.8 Å². The standard InChI is InChI=1S/C14H9BrIN/c15-13-4-1-10(2-5-13)7-12-8-14(16)6-3-11(12)9-17/h1-6,8H,7H2. The predicted molar refractivity (Wildman–Crippen MR) is 80.8 cm³/mol. The van der Waals surface area contributed by atoms with Crippen molar-refractivity contribution in [1.29, 1.82) is 5.26 Å². The Morgan fingerprint density at radius 1 is 1.12 bits per heavy atom. The van der Waals surface area contributed by atoms with Gasteiger partial charge in [0, 0.05) is 8.04 Å². The van der Waals surface area contributed by atoms with E-state index in [0.29, 0.717) is 0 Å². The molecule has 17 heavy (non-hydrogen) atoms. The van der Waals surface area contributed by atoms with Crippen molar-refractivity contribution < 1.29 is 0 Å². The van der Waals surface area contributed by atoms with E-state index in [0.717, 1.165) is 25.6 Å². The molecule has 2 rings (SSSR count). The third-order valence-corrected chi connectivity index (χ3v) is 3.70. The van der Waals surface area contributed by atoms with Gasteiger partial charge in [0.1, 0.15) is 0 Å². The molecule has 0 unspecified atom stereocenters. The van der Waals surface area contributed by atoms with Crippen LogP contribution in [0.1, 0.15) is 16.7 Å². The van der Waals surface area contributed by atoms with Crippen LogP contribution in [0.4, 0.5) is 0 Å². The smallest absolute Gasteiger partial charge is 0.0994 e. The first-order valence-corrected chi connectivity index (χ1v) is 6.99. The summed E-state index contributed by atoms with van der Waals surface area (Å²) in [6, 6.07) is 16.4. The Morgan fingerprint density at radius 2 is 1.82 bits per heavy atom. The van der Waals surface area contributed by atoms with Gasteiger partial charge in [0.25, 0.3) is 0 Å². The topological polar surface area (TPSA) is 23.8 Å². The highest BCUT2D eigenvalue weighted by molar-refractivity contribution is 14.1. The number of hydrogen-bond acceptors (Lipinski definition) is 1. The lowest BCUT2D eigenvalue weighted by Gasteiger charge is -2.05. The van der Waals surface area contributed by atoms with Crippen molar-refractivity contribution in [3.05, 3.63) is 67.2 Å². The van der Waals surface area contributed by atoms with E-state index in [-0.39, 0.29) is 0 Å². The van der Waals surface area contributed by atoms with Gasteiger partial charge >= 0.3 is 0 Å². The zero-order valence-corrected chi connectivity index (χ0v) is 12.7. The lowest BCUT2D eigenvalue weighted by atomic mass is 10.0. The van der Waals surface area contributed by atoms with Crippen molar-refractivity contribution in [2.45, 2.75) is 6.42 Å². The van der Waals surface area contributed by atoms with Crippen molar-refractivity contribution in [2.75, 3.05) is 0 Å². The van der Waals surface area contributed by atoms with Gasteiger partial charge < -0.3 is 0 Å². The third kappa shape index (κ3) is 3.30. The molecule has 0 fully saturated rings. The van der Waals surface area contributed by atoms with Crippen LogP contribution < -0.4 is 0 Å². The molecule has 0 bridgehead atoms. The summed E-state index contributed by atoms with van der Waals surface area (Å²) in [4.78, 5) is 0. The molecule has 2 aromatic rings. The molecule has 0 spiro atoms. The lowest BCUT2D eigenvalue weighted by molar-refractivity contribution is 1.17. The summed E-state index contributed by atoms with van der Waals surface area (Å²) >= 11 is 5.69. The average molecular weight is 398 g/mol. The van der Waals surface area contributed by atoms with Crippen LogP contribution in [0.15, 0.2) is 46.9 Å². The second-order valence-corrected chi connectivity index (χ2v) is 5.88. The quantitative estimate of drug-likeness (QED) is 0.683. The van der Waals surface area contributed by atoms with Gasteiger partial charge in [-0.1, -0.05) is 28.1 Å². The van der Waals surface area contributed by atoms with Gasteiger partial charge in [0.2, 0.25) is 0 Å². The first kappa shape index (κ1) is 12.6. The number of benzene rings is 2. The zero-order valence-electron chi connectivity index (χ0n) is 8.95. The average Bonchev–Trinajstić information content (AvgIpc) is 2.32. The summed E-state index contributed by atoms with van der Waals surface area (Å²) in [6.07, 6.45) is 0.799. The maximum absolute atomic E-state index is 9.07. The van der Waals surface area contributed by atoms with E-state index >= 15 is 0 Å². The summed E-state index contributed by atoms with van der Waals surface area (Å²) < 4.78 is 2.23. The maximum atomic E-state index is 9.07. The molecule has 0 aliphatic carbocycles. The molecule has 1 nitrogen and oxygen atoms in total. The largest absolute Gasteiger partial charge is 0.192 e. The van der Waals surface area contributed by atoms with Crippen LogP contribution in [-0.4, -0.2) is 0 Å². The fourth-order valence-electron chi connectivity index (χ4n) is 1.64. The zero-order chi connectivity index (χ0) is 12.3. The lowest BCUT2D eigenvalue weighted by Crippen LogP contribution is -1.93. The highest BCUT2D eigenvalue weighted by atomic mass is 127. The molecule has 0 aliphatic rings. The minimum atomic E-state index is 0.758. The first-order valence-electron chi connectivity index (χ1n) is 5.12. The molecule has 0 saturated heterocycles.